The molecule has 0 aliphatic carbocycles. The van der Waals surface area contributed by atoms with Gasteiger partial charge in [0.05, 0.1) is 0 Å². The van der Waals surface area contributed by atoms with Gasteiger partial charge in [-0.1, -0.05) is 53.6 Å². The number of pyridine rings is 2. The van der Waals surface area contributed by atoms with Crippen LogP contribution in [0.5, 0.6) is 11.5 Å². The molecule has 0 amide bonds. The molecule has 34 heavy (non-hydrogen) atoms. The van der Waals surface area contributed by atoms with Crippen molar-refractivity contribution in [3.8, 4) is 45.1 Å². The minimum Gasteiger partial charge on any atom is -0.501 e. The maximum Gasteiger partial charge on any atom is 0.121 e. The minimum atomic E-state index is -0.649. The van der Waals surface area contributed by atoms with Crippen LogP contribution in [0.4, 0.5) is 8.78 Å². The van der Waals surface area contributed by atoms with Gasteiger partial charge in [0.15, 0.2) is 0 Å². The fourth-order valence-electron chi connectivity index (χ4n) is 3.56. The maximum absolute atomic E-state index is 13.2. The molecule has 0 fully saturated rings. The van der Waals surface area contributed by atoms with Crippen LogP contribution in [0.25, 0.3) is 33.6 Å². The Hall–Kier alpha value is -3.73. The summed E-state index contributed by atoms with van der Waals surface area (Å²) in [6.45, 7) is 0. The summed E-state index contributed by atoms with van der Waals surface area (Å²) in [5, 5.41) is 0. The van der Waals surface area contributed by atoms with Crippen molar-refractivity contribution in [1.82, 2.24) is 9.97 Å². The number of nitrogens with zero attached hydrogens (tertiary/aromatic N) is 2. The molecule has 0 unspecified atom stereocenters. The fourth-order valence-corrected chi connectivity index (χ4v) is 3.56. The number of para-hydroxylation sites is 1. The van der Waals surface area contributed by atoms with Crippen LogP contribution in [0.15, 0.2) is 97.3 Å². The van der Waals surface area contributed by atoms with Gasteiger partial charge < -0.3 is 14.7 Å². The van der Waals surface area contributed by atoms with Crippen molar-refractivity contribution >= 4 is 0 Å². The molecule has 1 radical (unpaired) electrons. The molecule has 0 bridgehead atoms. The molecule has 0 atom stereocenters. The van der Waals surface area contributed by atoms with E-state index in [0.717, 1.165) is 46.0 Å². The second-order valence-corrected chi connectivity index (χ2v) is 7.16. The van der Waals surface area contributed by atoms with Crippen LogP contribution in [0, 0.1) is 23.8 Å². The summed E-state index contributed by atoms with van der Waals surface area (Å²) in [5.41, 5.74) is 4.61. The molecule has 0 saturated heterocycles. The van der Waals surface area contributed by atoms with Gasteiger partial charge in [-0.15, -0.1) is 36.4 Å². The molecule has 0 N–H and O–H groups in total. The first-order valence-corrected chi connectivity index (χ1v) is 10.2. The molecule has 1 aliphatic rings. The summed E-state index contributed by atoms with van der Waals surface area (Å²) < 4.78 is 31.8. The molecule has 3 heterocycles. The third-order valence-electron chi connectivity index (χ3n) is 5.04. The van der Waals surface area contributed by atoms with E-state index in [1.807, 2.05) is 42.5 Å². The van der Waals surface area contributed by atoms with Gasteiger partial charge in [0.25, 0.3) is 0 Å². The van der Waals surface area contributed by atoms with E-state index in [0.29, 0.717) is 5.69 Å². The SMILES string of the molecule is Fc1c[c-]c(-c2ccccn2)c(F)c1.[Ir].[c-]1cccc2c1-c1ncccc1-c1ccccc1O2. The molecule has 5 aromatic rings. The van der Waals surface area contributed by atoms with E-state index in [1.54, 1.807) is 30.6 Å². The Morgan fingerprint density at radius 1 is 0.706 bits per heavy atom. The minimum absolute atomic E-state index is 0. The standard InChI is InChI=1S/C17H10NO.C11H6F2N.Ir/c1-3-9-15-12(6-1)13-8-5-11-18-17(13)14-7-2-4-10-16(14)19-15;12-8-4-5-9(10(13)7-8)11-3-1-2-6-14-11;/h1-6,8-11H;1-4,6-7H;/q2*-1;. The Kier molecular flexibility index (Phi) is 7.21. The second kappa shape index (κ2) is 10.5. The van der Waals surface area contributed by atoms with Gasteiger partial charge in [-0.25, -0.2) is 0 Å². The number of benzene rings is 3. The number of fused-ring (bicyclic) bond motifs is 5. The van der Waals surface area contributed by atoms with Gasteiger partial charge in [0, 0.05) is 55.4 Å². The van der Waals surface area contributed by atoms with Crippen molar-refractivity contribution in [2.75, 3.05) is 0 Å². The fraction of sp³-hybridized carbons (Fsp3) is 0. The number of halogens is 2. The summed E-state index contributed by atoms with van der Waals surface area (Å²) in [7, 11) is 0. The van der Waals surface area contributed by atoms with Gasteiger partial charge >= 0.3 is 0 Å². The van der Waals surface area contributed by atoms with Crippen LogP contribution in [-0.4, -0.2) is 9.97 Å². The molecule has 6 rings (SSSR count). The predicted octanol–water partition coefficient (Wildman–Crippen LogP) is 7.15. The van der Waals surface area contributed by atoms with Crippen molar-refractivity contribution in [2.24, 2.45) is 0 Å². The summed E-state index contributed by atoms with van der Waals surface area (Å²) in [6, 6.07) is 30.6. The Bertz CT molecular complexity index is 1360. The second-order valence-electron chi connectivity index (χ2n) is 7.16. The van der Waals surface area contributed by atoms with Gasteiger partial charge in [-0.3, -0.25) is 8.78 Å². The third kappa shape index (κ3) is 4.79. The monoisotopic (exact) mass is 627 g/mol. The average molecular weight is 627 g/mol. The molecule has 0 saturated carbocycles. The van der Waals surface area contributed by atoms with Crippen LogP contribution < -0.4 is 4.74 Å². The van der Waals surface area contributed by atoms with Crippen molar-refractivity contribution in [3.63, 3.8) is 0 Å². The average Bonchev–Trinajstić information content (AvgIpc) is 3.00. The smallest absolute Gasteiger partial charge is 0.121 e. The van der Waals surface area contributed by atoms with Crippen molar-refractivity contribution < 1.29 is 33.6 Å². The number of hydrogen-bond acceptors (Lipinski definition) is 3. The molecule has 1 aliphatic heterocycles. The maximum atomic E-state index is 13.2. The number of rotatable bonds is 1. The Labute approximate surface area is 209 Å². The Balaban J connectivity index is 0.000000164. The van der Waals surface area contributed by atoms with Gasteiger partial charge in [-0.2, -0.15) is 0 Å². The molecule has 2 aromatic heterocycles. The zero-order valence-electron chi connectivity index (χ0n) is 17.6. The summed E-state index contributed by atoms with van der Waals surface area (Å²) in [5.74, 6) is 0.369. The molecule has 3 nitrogen and oxygen atoms in total. The summed E-state index contributed by atoms with van der Waals surface area (Å²) in [4.78, 5) is 8.45. The van der Waals surface area contributed by atoms with E-state index in [9.17, 15) is 8.78 Å². The van der Waals surface area contributed by atoms with Crippen molar-refractivity contribution in [1.29, 1.82) is 0 Å². The van der Waals surface area contributed by atoms with E-state index < -0.39 is 11.6 Å². The Morgan fingerprint density at radius 3 is 2.29 bits per heavy atom. The number of aromatic nitrogens is 2. The Morgan fingerprint density at radius 2 is 1.47 bits per heavy atom. The van der Waals surface area contributed by atoms with E-state index in [4.69, 9.17) is 4.74 Å². The first-order chi connectivity index (χ1) is 16.2. The topological polar surface area (TPSA) is 35.0 Å². The van der Waals surface area contributed by atoms with Gasteiger partial charge in [-0.05, 0) is 35.2 Å². The molecular formula is C28H16F2IrN2O-2. The summed E-state index contributed by atoms with van der Waals surface area (Å²) >= 11 is 0. The zero-order chi connectivity index (χ0) is 22.6. The van der Waals surface area contributed by atoms with E-state index in [-0.39, 0.29) is 25.7 Å². The number of ether oxygens (including phenoxy) is 1. The molecule has 0 spiro atoms. The van der Waals surface area contributed by atoms with E-state index >= 15 is 0 Å². The van der Waals surface area contributed by atoms with Crippen molar-refractivity contribution in [3.05, 3.63) is 121 Å². The molecular weight excluding hydrogens is 611 g/mol. The largest absolute Gasteiger partial charge is 0.501 e. The first kappa shape index (κ1) is 23.4. The van der Waals surface area contributed by atoms with Crippen LogP contribution >= 0.6 is 0 Å². The van der Waals surface area contributed by atoms with Crippen LogP contribution in [0.1, 0.15) is 0 Å². The van der Waals surface area contributed by atoms with Crippen molar-refractivity contribution in [2.45, 2.75) is 0 Å². The first-order valence-electron chi connectivity index (χ1n) is 10.2. The molecule has 3 aromatic carbocycles. The molecule has 169 valence electrons. The van der Waals surface area contributed by atoms with Crippen LogP contribution in [-0.2, 0) is 20.1 Å². The summed E-state index contributed by atoms with van der Waals surface area (Å²) in [6.07, 6.45) is 3.35. The molecule has 6 heteroatoms. The van der Waals surface area contributed by atoms with Crippen LogP contribution in [0.3, 0.4) is 0 Å². The van der Waals surface area contributed by atoms with E-state index in [1.165, 1.54) is 0 Å². The van der Waals surface area contributed by atoms with Crippen LogP contribution in [0.2, 0.25) is 0 Å². The quantitative estimate of drug-likeness (QED) is 0.182. The van der Waals surface area contributed by atoms with Gasteiger partial charge in [0.2, 0.25) is 0 Å². The zero-order valence-corrected chi connectivity index (χ0v) is 20.0. The third-order valence-corrected chi connectivity index (χ3v) is 5.04. The normalized spacial score (nSPS) is 10.6. The predicted molar refractivity (Wildman–Crippen MR) is 122 cm³/mol. The number of hydrogen-bond donors (Lipinski definition) is 0. The van der Waals surface area contributed by atoms with Gasteiger partial charge in [0.1, 0.15) is 5.75 Å². The van der Waals surface area contributed by atoms with E-state index in [2.05, 4.69) is 34.2 Å².